The van der Waals surface area contributed by atoms with Gasteiger partial charge in [0, 0.05) is 10.9 Å². The molecule has 2 N–H and O–H groups in total. The van der Waals surface area contributed by atoms with E-state index in [0.717, 1.165) is 12.8 Å². The fourth-order valence-corrected chi connectivity index (χ4v) is 3.18. The summed E-state index contributed by atoms with van der Waals surface area (Å²) in [6.45, 7) is 0. The molecule has 0 aliphatic heterocycles. The molecule has 1 aliphatic carbocycles. The highest BCUT2D eigenvalue weighted by molar-refractivity contribution is 9.10. The lowest BCUT2D eigenvalue weighted by Gasteiger charge is -2.23. The fourth-order valence-electron chi connectivity index (χ4n) is 2.71. The first-order chi connectivity index (χ1) is 9.97. The van der Waals surface area contributed by atoms with E-state index in [4.69, 9.17) is 5.26 Å². The molecule has 0 spiro atoms. The largest absolute Gasteiger partial charge is 0.481 e. The number of nitrogens with zero attached hydrogens (tertiary/aromatic N) is 1. The Morgan fingerprint density at radius 2 is 2.05 bits per heavy atom. The molecule has 1 aromatic rings. The first-order valence-corrected chi connectivity index (χ1v) is 7.49. The van der Waals surface area contributed by atoms with Crippen molar-refractivity contribution in [3.8, 4) is 6.07 Å². The number of nitriles is 1. The predicted octanol–water partition coefficient (Wildman–Crippen LogP) is 3.29. The van der Waals surface area contributed by atoms with Gasteiger partial charge in [0.05, 0.1) is 22.7 Å². The van der Waals surface area contributed by atoms with E-state index in [9.17, 15) is 14.7 Å². The molecule has 0 saturated heterocycles. The van der Waals surface area contributed by atoms with E-state index in [1.165, 1.54) is 0 Å². The molecule has 0 bridgehead atoms. The zero-order valence-electron chi connectivity index (χ0n) is 11.4. The first kappa shape index (κ1) is 15.5. The zero-order chi connectivity index (χ0) is 15.5. The molecule has 1 fully saturated rings. The molecule has 1 amide bonds. The summed E-state index contributed by atoms with van der Waals surface area (Å²) in [4.78, 5) is 23.6. The highest BCUT2D eigenvalue weighted by Crippen LogP contribution is 2.41. The maximum Gasteiger partial charge on any atom is 0.310 e. The van der Waals surface area contributed by atoms with Crippen LogP contribution >= 0.6 is 15.9 Å². The molecule has 110 valence electrons. The lowest BCUT2D eigenvalue weighted by atomic mass is 9.82. The molecule has 0 heterocycles. The Labute approximate surface area is 131 Å². The van der Waals surface area contributed by atoms with Gasteiger partial charge in [-0.1, -0.05) is 12.8 Å². The lowest BCUT2D eigenvalue weighted by molar-refractivity contribution is -0.150. The van der Waals surface area contributed by atoms with Gasteiger partial charge in [0.25, 0.3) is 0 Å². The van der Waals surface area contributed by atoms with Gasteiger partial charge in [0.2, 0.25) is 5.91 Å². The van der Waals surface area contributed by atoms with Crippen molar-refractivity contribution in [3.05, 3.63) is 28.2 Å². The summed E-state index contributed by atoms with van der Waals surface area (Å²) in [6, 6.07) is 6.84. The van der Waals surface area contributed by atoms with Crippen LogP contribution in [-0.2, 0) is 9.59 Å². The number of amides is 1. The van der Waals surface area contributed by atoms with E-state index in [1.54, 1.807) is 18.2 Å². The SMILES string of the molecule is N#Cc1ccc(NC(=O)CC2(C(=O)O)CCCC2)c(Br)c1. The monoisotopic (exact) mass is 350 g/mol. The van der Waals surface area contributed by atoms with E-state index >= 15 is 0 Å². The number of carbonyl (C=O) groups excluding carboxylic acids is 1. The molecule has 0 aromatic heterocycles. The lowest BCUT2D eigenvalue weighted by Crippen LogP contribution is -2.32. The average molecular weight is 351 g/mol. The van der Waals surface area contributed by atoms with Gasteiger partial charge < -0.3 is 10.4 Å². The van der Waals surface area contributed by atoms with Crippen LogP contribution in [0.3, 0.4) is 0 Å². The number of halogens is 1. The van der Waals surface area contributed by atoms with Gasteiger partial charge in [-0.2, -0.15) is 5.26 Å². The van der Waals surface area contributed by atoms with Crippen molar-refractivity contribution < 1.29 is 14.7 Å². The van der Waals surface area contributed by atoms with Crippen molar-refractivity contribution in [2.45, 2.75) is 32.1 Å². The van der Waals surface area contributed by atoms with E-state index in [0.29, 0.717) is 28.6 Å². The molecule has 1 saturated carbocycles. The third kappa shape index (κ3) is 3.42. The van der Waals surface area contributed by atoms with Crippen LogP contribution in [0.4, 0.5) is 5.69 Å². The summed E-state index contributed by atoms with van der Waals surface area (Å²) in [7, 11) is 0. The second-order valence-electron chi connectivity index (χ2n) is 5.32. The number of hydrogen-bond donors (Lipinski definition) is 2. The second kappa shape index (κ2) is 6.27. The van der Waals surface area contributed by atoms with Crippen molar-refractivity contribution in [3.63, 3.8) is 0 Å². The zero-order valence-corrected chi connectivity index (χ0v) is 12.9. The summed E-state index contributed by atoms with van der Waals surface area (Å²) < 4.78 is 0.602. The number of hydrogen-bond acceptors (Lipinski definition) is 3. The van der Waals surface area contributed by atoms with Crippen molar-refractivity contribution in [1.82, 2.24) is 0 Å². The number of rotatable bonds is 4. The van der Waals surface area contributed by atoms with Crippen LogP contribution < -0.4 is 5.32 Å². The number of carboxylic acids is 1. The van der Waals surface area contributed by atoms with Crippen molar-refractivity contribution >= 4 is 33.5 Å². The molecule has 2 rings (SSSR count). The Hall–Kier alpha value is -1.87. The minimum Gasteiger partial charge on any atom is -0.481 e. The number of aliphatic carboxylic acids is 1. The summed E-state index contributed by atoms with van der Waals surface area (Å²) >= 11 is 3.29. The number of benzene rings is 1. The van der Waals surface area contributed by atoms with Gasteiger partial charge in [-0.05, 0) is 47.0 Å². The highest BCUT2D eigenvalue weighted by Gasteiger charge is 2.42. The highest BCUT2D eigenvalue weighted by atomic mass is 79.9. The molecule has 5 nitrogen and oxygen atoms in total. The number of carbonyl (C=O) groups is 2. The number of carboxylic acid groups (broad SMARTS) is 1. The molecule has 6 heteroatoms. The van der Waals surface area contributed by atoms with E-state index in [2.05, 4.69) is 21.2 Å². The number of nitrogens with one attached hydrogen (secondary N) is 1. The van der Waals surface area contributed by atoms with Crippen molar-refractivity contribution in [1.29, 1.82) is 5.26 Å². The van der Waals surface area contributed by atoms with Gasteiger partial charge in [0.1, 0.15) is 0 Å². The Balaban J connectivity index is 2.08. The third-order valence-corrected chi connectivity index (χ3v) is 4.54. The minimum atomic E-state index is -0.927. The van der Waals surface area contributed by atoms with Crippen LogP contribution in [-0.4, -0.2) is 17.0 Å². The molecular weight excluding hydrogens is 336 g/mol. The van der Waals surface area contributed by atoms with Crippen LogP contribution in [0.15, 0.2) is 22.7 Å². The molecule has 21 heavy (non-hydrogen) atoms. The van der Waals surface area contributed by atoms with E-state index in [1.807, 2.05) is 6.07 Å². The molecule has 0 atom stereocenters. The van der Waals surface area contributed by atoms with Gasteiger partial charge >= 0.3 is 5.97 Å². The van der Waals surface area contributed by atoms with Gasteiger partial charge in [-0.3, -0.25) is 9.59 Å². The van der Waals surface area contributed by atoms with Crippen LogP contribution in [0.1, 0.15) is 37.7 Å². The maximum absolute atomic E-state index is 12.1. The molecule has 0 unspecified atom stereocenters. The van der Waals surface area contributed by atoms with E-state index in [-0.39, 0.29) is 12.3 Å². The Morgan fingerprint density at radius 1 is 1.38 bits per heavy atom. The smallest absolute Gasteiger partial charge is 0.310 e. The molecular formula is C15H15BrN2O3. The normalized spacial score (nSPS) is 16.2. The predicted molar refractivity (Wildman–Crippen MR) is 80.6 cm³/mol. The van der Waals surface area contributed by atoms with Crippen LogP contribution in [0.25, 0.3) is 0 Å². The minimum absolute atomic E-state index is 0.0191. The first-order valence-electron chi connectivity index (χ1n) is 6.70. The van der Waals surface area contributed by atoms with E-state index < -0.39 is 11.4 Å². The Kier molecular flexibility index (Phi) is 4.63. The van der Waals surface area contributed by atoms with Crippen LogP contribution in [0.2, 0.25) is 0 Å². The standard InChI is InChI=1S/C15H15BrN2O3/c16-11-7-10(9-17)3-4-12(11)18-13(19)8-15(14(20)21)5-1-2-6-15/h3-4,7H,1-2,5-6,8H2,(H,18,19)(H,20,21). The maximum atomic E-state index is 12.1. The van der Waals surface area contributed by atoms with Gasteiger partial charge in [-0.25, -0.2) is 0 Å². The summed E-state index contributed by atoms with van der Waals surface area (Å²) in [5.74, 6) is -1.21. The van der Waals surface area contributed by atoms with Crippen molar-refractivity contribution in [2.75, 3.05) is 5.32 Å². The van der Waals surface area contributed by atoms with Gasteiger partial charge in [-0.15, -0.1) is 0 Å². The summed E-state index contributed by atoms with van der Waals surface area (Å²) in [6.07, 6.45) is 2.77. The Bertz CT molecular complexity index is 616. The van der Waals surface area contributed by atoms with Crippen LogP contribution in [0, 0.1) is 16.7 Å². The van der Waals surface area contributed by atoms with Gasteiger partial charge in [0.15, 0.2) is 0 Å². The topological polar surface area (TPSA) is 90.2 Å². The molecule has 1 aliphatic rings. The summed E-state index contributed by atoms with van der Waals surface area (Å²) in [5.41, 5.74) is 0.0959. The number of anilines is 1. The summed E-state index contributed by atoms with van der Waals surface area (Å²) in [5, 5.41) is 20.9. The molecule has 1 aromatic carbocycles. The quantitative estimate of drug-likeness (QED) is 0.871. The Morgan fingerprint density at radius 3 is 2.57 bits per heavy atom. The van der Waals surface area contributed by atoms with Crippen molar-refractivity contribution in [2.24, 2.45) is 5.41 Å². The fraction of sp³-hybridized carbons (Fsp3) is 0.400. The molecule has 0 radical (unpaired) electrons. The second-order valence-corrected chi connectivity index (χ2v) is 6.18. The van der Waals surface area contributed by atoms with Crippen LogP contribution in [0.5, 0.6) is 0 Å². The third-order valence-electron chi connectivity index (χ3n) is 3.89. The average Bonchev–Trinajstić information content (AvgIpc) is 2.90.